The molecule has 3 nitrogen and oxygen atoms in total. The maximum absolute atomic E-state index is 13.2. The summed E-state index contributed by atoms with van der Waals surface area (Å²) in [5.74, 6) is -1.47. The lowest BCUT2D eigenvalue weighted by Gasteiger charge is -1.98. The Balaban J connectivity index is 2.53. The second-order valence-electron chi connectivity index (χ2n) is 3.36. The van der Waals surface area contributed by atoms with Crippen molar-refractivity contribution >= 4 is 38.9 Å². The van der Waals surface area contributed by atoms with Crippen molar-refractivity contribution in [1.82, 2.24) is 0 Å². The number of thiophene rings is 1. The fourth-order valence-electron chi connectivity index (χ4n) is 1.41. The third kappa shape index (κ3) is 2.48. The number of nitrogens with two attached hydrogens (primary N) is 1. The Morgan fingerprint density at radius 2 is 2.06 bits per heavy atom. The van der Waals surface area contributed by atoms with Gasteiger partial charge >= 0.3 is 5.97 Å². The first-order valence-corrected chi connectivity index (χ1v) is 6.17. The number of aromatic carboxylic acids is 1. The van der Waals surface area contributed by atoms with Gasteiger partial charge in [0, 0.05) is 9.35 Å². The molecule has 0 saturated heterocycles. The Morgan fingerprint density at radius 3 is 2.59 bits per heavy atom. The van der Waals surface area contributed by atoms with Gasteiger partial charge in [0.15, 0.2) is 0 Å². The number of halogens is 2. The molecule has 0 spiro atoms. The van der Waals surface area contributed by atoms with Gasteiger partial charge in [-0.1, -0.05) is 15.9 Å². The van der Waals surface area contributed by atoms with Gasteiger partial charge in [-0.25, -0.2) is 9.18 Å². The minimum Gasteiger partial charge on any atom is -0.477 e. The van der Waals surface area contributed by atoms with E-state index >= 15 is 0 Å². The van der Waals surface area contributed by atoms with Gasteiger partial charge in [0.25, 0.3) is 0 Å². The zero-order valence-electron chi connectivity index (χ0n) is 8.41. The van der Waals surface area contributed by atoms with Gasteiger partial charge in [0.05, 0.1) is 5.69 Å². The van der Waals surface area contributed by atoms with Crippen LogP contribution < -0.4 is 5.73 Å². The fourth-order valence-corrected chi connectivity index (χ4v) is 2.78. The van der Waals surface area contributed by atoms with Crippen molar-refractivity contribution in [3.05, 3.63) is 39.4 Å². The van der Waals surface area contributed by atoms with Crippen molar-refractivity contribution in [3.63, 3.8) is 0 Å². The van der Waals surface area contributed by atoms with E-state index in [4.69, 9.17) is 10.8 Å². The van der Waals surface area contributed by atoms with Crippen molar-refractivity contribution in [3.8, 4) is 10.4 Å². The van der Waals surface area contributed by atoms with Crippen LogP contribution >= 0.6 is 27.3 Å². The van der Waals surface area contributed by atoms with Gasteiger partial charge in [-0.3, -0.25) is 0 Å². The third-order valence-corrected chi connectivity index (χ3v) is 3.75. The van der Waals surface area contributed by atoms with Gasteiger partial charge in [0.1, 0.15) is 10.7 Å². The molecular formula is C11H7BrFNO2S. The molecule has 0 bridgehead atoms. The third-order valence-electron chi connectivity index (χ3n) is 2.10. The molecule has 0 aliphatic heterocycles. The van der Waals surface area contributed by atoms with Gasteiger partial charge < -0.3 is 10.8 Å². The number of hydrogen-bond acceptors (Lipinski definition) is 3. The molecular weight excluding hydrogens is 309 g/mol. The van der Waals surface area contributed by atoms with Crippen LogP contribution in [0, 0.1) is 5.82 Å². The molecule has 6 heteroatoms. The van der Waals surface area contributed by atoms with E-state index in [0.29, 0.717) is 14.9 Å². The van der Waals surface area contributed by atoms with Crippen LogP contribution in [0.3, 0.4) is 0 Å². The highest BCUT2D eigenvalue weighted by Gasteiger charge is 2.14. The summed E-state index contributed by atoms with van der Waals surface area (Å²) in [6, 6.07) is 5.91. The summed E-state index contributed by atoms with van der Waals surface area (Å²) in [5, 5.41) is 8.88. The predicted octanol–water partition coefficient (Wildman–Crippen LogP) is 3.60. The zero-order valence-corrected chi connectivity index (χ0v) is 10.8. The van der Waals surface area contributed by atoms with Crippen LogP contribution in [0.4, 0.5) is 10.1 Å². The number of carboxylic acids is 1. The smallest absolute Gasteiger partial charge is 0.348 e. The van der Waals surface area contributed by atoms with Crippen LogP contribution in [-0.2, 0) is 0 Å². The average molecular weight is 316 g/mol. The number of rotatable bonds is 2. The first-order chi connectivity index (χ1) is 7.97. The zero-order chi connectivity index (χ0) is 12.6. The van der Waals surface area contributed by atoms with Crippen LogP contribution in [0.1, 0.15) is 9.67 Å². The molecule has 1 aromatic heterocycles. The van der Waals surface area contributed by atoms with E-state index in [2.05, 4.69) is 15.9 Å². The molecule has 2 aromatic rings. The van der Waals surface area contributed by atoms with Crippen LogP contribution in [0.25, 0.3) is 10.4 Å². The molecule has 88 valence electrons. The molecule has 1 aromatic carbocycles. The molecule has 0 saturated carbocycles. The van der Waals surface area contributed by atoms with E-state index in [1.165, 1.54) is 18.2 Å². The van der Waals surface area contributed by atoms with Gasteiger partial charge in [-0.2, -0.15) is 0 Å². The van der Waals surface area contributed by atoms with E-state index in [1.54, 1.807) is 6.07 Å². The predicted molar refractivity (Wildman–Crippen MR) is 68.8 cm³/mol. The average Bonchev–Trinajstić information content (AvgIpc) is 2.59. The second-order valence-corrected chi connectivity index (χ2v) is 5.33. The summed E-state index contributed by atoms with van der Waals surface area (Å²) < 4.78 is 13.8. The van der Waals surface area contributed by atoms with Crippen LogP contribution in [0.5, 0.6) is 0 Å². The van der Waals surface area contributed by atoms with Crippen molar-refractivity contribution in [2.75, 3.05) is 5.73 Å². The standard InChI is InChI=1S/C11H7BrFNO2S/c12-6-1-5(2-7(13)3-6)9-4-8(14)10(17-9)11(15)16/h1-4H,14H2,(H,15,16). The molecule has 0 unspecified atom stereocenters. The first-order valence-electron chi connectivity index (χ1n) is 4.56. The lowest BCUT2D eigenvalue weighted by molar-refractivity contribution is 0.0703. The Labute approximate surface area is 109 Å². The van der Waals surface area contributed by atoms with Gasteiger partial charge in [-0.05, 0) is 29.8 Å². The maximum Gasteiger partial charge on any atom is 0.348 e. The Bertz CT molecular complexity index is 577. The van der Waals surface area contributed by atoms with E-state index in [0.717, 1.165) is 11.3 Å². The number of nitrogen functional groups attached to an aromatic ring is 1. The minimum atomic E-state index is -1.07. The maximum atomic E-state index is 13.2. The molecule has 2 rings (SSSR count). The number of anilines is 1. The molecule has 0 aliphatic carbocycles. The Hall–Kier alpha value is -1.40. The summed E-state index contributed by atoms with van der Waals surface area (Å²) >= 11 is 4.21. The van der Waals surface area contributed by atoms with E-state index < -0.39 is 11.8 Å². The highest BCUT2D eigenvalue weighted by atomic mass is 79.9. The Kier molecular flexibility index (Phi) is 3.17. The summed E-state index contributed by atoms with van der Waals surface area (Å²) in [5.41, 5.74) is 6.37. The number of carbonyl (C=O) groups is 1. The van der Waals surface area contributed by atoms with Crippen LogP contribution in [0.15, 0.2) is 28.7 Å². The van der Waals surface area contributed by atoms with Gasteiger partial charge in [0.2, 0.25) is 0 Å². The highest BCUT2D eigenvalue weighted by Crippen LogP contribution is 2.34. The lowest BCUT2D eigenvalue weighted by Crippen LogP contribution is -1.96. The molecule has 0 aliphatic rings. The number of hydrogen-bond donors (Lipinski definition) is 2. The molecule has 17 heavy (non-hydrogen) atoms. The monoisotopic (exact) mass is 315 g/mol. The molecule has 0 fully saturated rings. The van der Waals surface area contributed by atoms with Crippen molar-refractivity contribution in [2.45, 2.75) is 0 Å². The SMILES string of the molecule is Nc1cc(-c2cc(F)cc(Br)c2)sc1C(=O)O. The minimum absolute atomic E-state index is 0.0698. The topological polar surface area (TPSA) is 63.3 Å². The van der Waals surface area contributed by atoms with E-state index in [1.807, 2.05) is 0 Å². The summed E-state index contributed by atoms with van der Waals surface area (Å²) in [4.78, 5) is 11.5. The van der Waals surface area contributed by atoms with Crippen molar-refractivity contribution < 1.29 is 14.3 Å². The van der Waals surface area contributed by atoms with E-state index in [-0.39, 0.29) is 10.6 Å². The van der Waals surface area contributed by atoms with Gasteiger partial charge in [-0.15, -0.1) is 11.3 Å². The lowest BCUT2D eigenvalue weighted by atomic mass is 10.2. The molecule has 3 N–H and O–H groups in total. The molecule has 1 heterocycles. The number of benzene rings is 1. The molecule has 0 amide bonds. The normalized spacial score (nSPS) is 10.5. The summed E-state index contributed by atoms with van der Waals surface area (Å²) in [6.45, 7) is 0. The molecule has 0 radical (unpaired) electrons. The second kappa shape index (κ2) is 4.46. The van der Waals surface area contributed by atoms with E-state index in [9.17, 15) is 9.18 Å². The first kappa shape index (κ1) is 12.1. The quantitative estimate of drug-likeness (QED) is 0.890. The van der Waals surface area contributed by atoms with Crippen molar-refractivity contribution in [1.29, 1.82) is 0 Å². The Morgan fingerprint density at radius 1 is 1.35 bits per heavy atom. The molecule has 0 atom stereocenters. The summed E-state index contributed by atoms with van der Waals surface area (Å²) in [6.07, 6.45) is 0. The van der Waals surface area contributed by atoms with Crippen LogP contribution in [0.2, 0.25) is 0 Å². The number of carboxylic acid groups (broad SMARTS) is 1. The van der Waals surface area contributed by atoms with Crippen LogP contribution in [-0.4, -0.2) is 11.1 Å². The highest BCUT2D eigenvalue weighted by molar-refractivity contribution is 9.10. The summed E-state index contributed by atoms with van der Waals surface area (Å²) in [7, 11) is 0. The van der Waals surface area contributed by atoms with Crippen molar-refractivity contribution in [2.24, 2.45) is 0 Å². The fraction of sp³-hybridized carbons (Fsp3) is 0. The largest absolute Gasteiger partial charge is 0.477 e.